The highest BCUT2D eigenvalue weighted by molar-refractivity contribution is 6.30. The van der Waals surface area contributed by atoms with Gasteiger partial charge < -0.3 is 15.1 Å². The number of carbonyl (C=O) groups is 3. The molecule has 0 aromatic heterocycles. The van der Waals surface area contributed by atoms with Gasteiger partial charge in [-0.2, -0.15) is 0 Å². The maximum absolute atomic E-state index is 13.8. The summed E-state index contributed by atoms with van der Waals surface area (Å²) in [5.41, 5.74) is -0.0441. The first-order valence-electron chi connectivity index (χ1n) is 7.34. The molecule has 1 aromatic rings. The van der Waals surface area contributed by atoms with Crippen molar-refractivity contribution in [2.75, 3.05) is 32.7 Å². The molecule has 6 nitrogen and oxygen atoms in total. The van der Waals surface area contributed by atoms with E-state index in [0.717, 1.165) is 12.1 Å². The van der Waals surface area contributed by atoms with Crippen LogP contribution in [0, 0.1) is 5.82 Å². The van der Waals surface area contributed by atoms with Crippen LogP contribution in [0.3, 0.4) is 0 Å². The summed E-state index contributed by atoms with van der Waals surface area (Å²) in [6, 6.07) is 3.90. The summed E-state index contributed by atoms with van der Waals surface area (Å²) < 4.78 is 13.8. The van der Waals surface area contributed by atoms with E-state index in [4.69, 9.17) is 11.6 Å². The molecule has 24 heavy (non-hydrogen) atoms. The fraction of sp³-hybridized carbons (Fsp3) is 0.312. The van der Waals surface area contributed by atoms with Crippen LogP contribution in [0.1, 0.15) is 10.4 Å². The number of amides is 3. The second kappa shape index (κ2) is 7.92. The van der Waals surface area contributed by atoms with E-state index in [-0.39, 0.29) is 23.0 Å². The van der Waals surface area contributed by atoms with Crippen LogP contribution < -0.4 is 5.32 Å². The Morgan fingerprint density at radius 1 is 1.21 bits per heavy atom. The lowest BCUT2D eigenvalue weighted by molar-refractivity contribution is -0.133. The van der Waals surface area contributed by atoms with Crippen molar-refractivity contribution in [3.05, 3.63) is 47.3 Å². The van der Waals surface area contributed by atoms with Crippen molar-refractivity contribution in [1.29, 1.82) is 0 Å². The molecule has 1 aliphatic rings. The first kappa shape index (κ1) is 17.9. The zero-order valence-corrected chi connectivity index (χ0v) is 13.7. The monoisotopic (exact) mass is 353 g/mol. The Hall–Kier alpha value is -2.41. The maximum Gasteiger partial charge on any atom is 0.256 e. The molecule has 128 valence electrons. The van der Waals surface area contributed by atoms with Crippen LogP contribution in [-0.4, -0.2) is 60.2 Å². The molecule has 1 fully saturated rings. The zero-order chi connectivity index (χ0) is 17.7. The molecule has 1 N–H and O–H groups in total. The van der Waals surface area contributed by atoms with E-state index >= 15 is 0 Å². The van der Waals surface area contributed by atoms with Gasteiger partial charge in [-0.15, -0.1) is 0 Å². The van der Waals surface area contributed by atoms with Crippen molar-refractivity contribution in [3.8, 4) is 0 Å². The van der Waals surface area contributed by atoms with Gasteiger partial charge in [-0.05, 0) is 24.3 Å². The molecule has 8 heteroatoms. The summed E-state index contributed by atoms with van der Waals surface area (Å²) in [6.07, 6.45) is 1.09. The van der Waals surface area contributed by atoms with Crippen LogP contribution in [0.25, 0.3) is 0 Å². The van der Waals surface area contributed by atoms with Crippen LogP contribution in [0.4, 0.5) is 4.39 Å². The molecule has 1 aromatic carbocycles. The van der Waals surface area contributed by atoms with Crippen LogP contribution in [-0.2, 0) is 9.59 Å². The van der Waals surface area contributed by atoms with Gasteiger partial charge in [0, 0.05) is 31.2 Å². The molecule has 0 atom stereocenters. The quantitative estimate of drug-likeness (QED) is 0.823. The summed E-state index contributed by atoms with van der Waals surface area (Å²) in [5, 5.41) is 2.63. The summed E-state index contributed by atoms with van der Waals surface area (Å²) >= 11 is 5.68. The third-order valence-corrected chi connectivity index (χ3v) is 3.92. The number of nitrogens with zero attached hydrogens (tertiary/aromatic N) is 2. The number of benzene rings is 1. The van der Waals surface area contributed by atoms with E-state index in [2.05, 4.69) is 11.9 Å². The first-order chi connectivity index (χ1) is 11.4. The third-order valence-electron chi connectivity index (χ3n) is 3.68. The van der Waals surface area contributed by atoms with Gasteiger partial charge in [0.05, 0.1) is 12.1 Å². The van der Waals surface area contributed by atoms with E-state index in [1.807, 2.05) is 0 Å². The Morgan fingerprint density at radius 2 is 1.83 bits per heavy atom. The van der Waals surface area contributed by atoms with Crippen LogP contribution in [0.15, 0.2) is 30.9 Å². The number of halogens is 2. The lowest BCUT2D eigenvalue weighted by Gasteiger charge is -2.34. The van der Waals surface area contributed by atoms with Gasteiger partial charge in [-0.1, -0.05) is 18.2 Å². The third kappa shape index (κ3) is 4.32. The van der Waals surface area contributed by atoms with E-state index in [1.165, 1.54) is 17.0 Å². The zero-order valence-electron chi connectivity index (χ0n) is 12.9. The van der Waals surface area contributed by atoms with Gasteiger partial charge >= 0.3 is 0 Å². The second-order valence-electron chi connectivity index (χ2n) is 5.22. The van der Waals surface area contributed by atoms with Crippen molar-refractivity contribution in [2.45, 2.75) is 0 Å². The van der Waals surface area contributed by atoms with Gasteiger partial charge in [-0.25, -0.2) is 4.39 Å². The molecule has 2 rings (SSSR count). The van der Waals surface area contributed by atoms with Gasteiger partial charge in [0.25, 0.3) is 5.91 Å². The minimum absolute atomic E-state index is 0.0441. The number of nitrogens with one attached hydrogen (secondary N) is 1. The normalized spacial score (nSPS) is 14.2. The standard InChI is InChI=1S/C16H17ClFN3O3/c1-2-14(22)19-10-15(23)20-5-7-21(8-6-20)16(24)12-4-3-11(17)9-13(12)18/h2-4,9H,1,5-8,10H2,(H,19,22). The molecule has 0 saturated carbocycles. The highest BCUT2D eigenvalue weighted by atomic mass is 35.5. The van der Waals surface area contributed by atoms with Crippen LogP contribution in [0.5, 0.6) is 0 Å². The minimum atomic E-state index is -0.668. The average molecular weight is 354 g/mol. The van der Waals surface area contributed by atoms with Crippen molar-refractivity contribution in [3.63, 3.8) is 0 Å². The van der Waals surface area contributed by atoms with Gasteiger partial charge in [0.2, 0.25) is 11.8 Å². The lowest BCUT2D eigenvalue weighted by atomic mass is 10.1. The molecule has 0 spiro atoms. The number of carbonyl (C=O) groups excluding carboxylic acids is 3. The number of rotatable bonds is 4. The molecule has 1 aliphatic heterocycles. The van der Waals surface area contributed by atoms with Crippen LogP contribution in [0.2, 0.25) is 5.02 Å². The molecule has 0 radical (unpaired) electrons. The van der Waals surface area contributed by atoms with E-state index in [1.54, 1.807) is 4.90 Å². The molecule has 3 amide bonds. The fourth-order valence-electron chi connectivity index (χ4n) is 2.34. The van der Waals surface area contributed by atoms with Crippen molar-refractivity contribution in [2.24, 2.45) is 0 Å². The van der Waals surface area contributed by atoms with E-state index < -0.39 is 17.6 Å². The summed E-state index contributed by atoms with van der Waals surface area (Å²) in [6.45, 7) is 4.41. The highest BCUT2D eigenvalue weighted by Gasteiger charge is 2.26. The number of hydrogen-bond acceptors (Lipinski definition) is 3. The minimum Gasteiger partial charge on any atom is -0.343 e. The first-order valence-corrected chi connectivity index (χ1v) is 7.72. The molecular weight excluding hydrogens is 337 g/mol. The van der Waals surface area contributed by atoms with Crippen molar-refractivity contribution >= 4 is 29.3 Å². The lowest BCUT2D eigenvalue weighted by Crippen LogP contribution is -2.52. The molecule has 0 unspecified atom stereocenters. The molecule has 0 aliphatic carbocycles. The SMILES string of the molecule is C=CC(=O)NCC(=O)N1CCN(C(=O)c2ccc(Cl)cc2F)CC1. The van der Waals surface area contributed by atoms with Crippen molar-refractivity contribution in [1.82, 2.24) is 15.1 Å². The van der Waals surface area contributed by atoms with E-state index in [9.17, 15) is 18.8 Å². The predicted octanol–water partition coefficient (Wildman–Crippen LogP) is 1.07. The predicted molar refractivity (Wildman–Crippen MR) is 87.1 cm³/mol. The Bertz CT molecular complexity index is 673. The fourth-order valence-corrected chi connectivity index (χ4v) is 2.50. The maximum atomic E-state index is 13.8. The summed E-state index contributed by atoms with van der Waals surface area (Å²) in [5.74, 6) is -1.76. The summed E-state index contributed by atoms with van der Waals surface area (Å²) in [7, 11) is 0. The average Bonchev–Trinajstić information content (AvgIpc) is 2.59. The van der Waals surface area contributed by atoms with Gasteiger partial charge in [0.1, 0.15) is 5.82 Å². The largest absolute Gasteiger partial charge is 0.343 e. The second-order valence-corrected chi connectivity index (χ2v) is 5.66. The smallest absolute Gasteiger partial charge is 0.256 e. The van der Waals surface area contributed by atoms with E-state index in [0.29, 0.717) is 26.2 Å². The topological polar surface area (TPSA) is 69.7 Å². The highest BCUT2D eigenvalue weighted by Crippen LogP contribution is 2.17. The Balaban J connectivity index is 1.90. The number of hydrogen-bond donors (Lipinski definition) is 1. The van der Waals surface area contributed by atoms with Gasteiger partial charge in [-0.3, -0.25) is 14.4 Å². The molecule has 0 bridgehead atoms. The van der Waals surface area contributed by atoms with Crippen LogP contribution >= 0.6 is 11.6 Å². The number of piperazine rings is 1. The molecule has 1 heterocycles. The Labute approximate surface area is 143 Å². The van der Waals surface area contributed by atoms with Gasteiger partial charge in [0.15, 0.2) is 0 Å². The van der Waals surface area contributed by atoms with Crippen molar-refractivity contribution < 1.29 is 18.8 Å². The molecular formula is C16H17ClFN3O3. The Morgan fingerprint density at radius 3 is 2.42 bits per heavy atom. The Kier molecular flexibility index (Phi) is 5.92. The molecule has 1 saturated heterocycles. The summed E-state index contributed by atoms with van der Waals surface area (Å²) in [4.78, 5) is 38.4.